The Hall–Kier alpha value is 1.92. The number of hydrogen-bond acceptors (Lipinski definition) is 0. The van der Waals surface area contributed by atoms with E-state index in [1.807, 2.05) is 0 Å². The third kappa shape index (κ3) is 24.7. The fourth-order valence-electron chi connectivity index (χ4n) is 0. The van der Waals surface area contributed by atoms with Crippen molar-refractivity contribution in [3.63, 3.8) is 0 Å². The highest BCUT2D eigenvalue weighted by Crippen LogP contribution is 2.39. The van der Waals surface area contributed by atoms with Gasteiger partial charge in [-0.1, -0.05) is 0 Å². The molecule has 0 saturated carbocycles. The van der Waals surface area contributed by atoms with Crippen molar-refractivity contribution in [3.05, 3.63) is 0 Å². The lowest BCUT2D eigenvalue weighted by Gasteiger charge is -1.93. The minimum Gasteiger partial charge on any atom is -0.0471 e. The topological polar surface area (TPSA) is 0 Å². The number of halogens is 4. The summed E-state index contributed by atoms with van der Waals surface area (Å²) in [5.74, 6) is 0. The molecule has 0 spiro atoms. The zero-order valence-corrected chi connectivity index (χ0v) is 8.36. The normalized spacial score (nSPS) is 12.0. The van der Waals surface area contributed by atoms with Gasteiger partial charge in [-0.05, 0) is 63.7 Å². The van der Waals surface area contributed by atoms with E-state index in [-0.39, 0.29) is 1.05 Å². The van der Waals surface area contributed by atoms with Crippen LogP contribution in [0.1, 0.15) is 0 Å². The van der Waals surface area contributed by atoms with Gasteiger partial charge in [0.15, 0.2) is 1.05 Å². The van der Waals surface area contributed by atoms with Crippen molar-refractivity contribution in [3.8, 4) is 0 Å². The van der Waals surface area contributed by atoms with E-state index in [0.29, 0.717) is 0 Å². The number of alkyl halides is 4. The highest BCUT2D eigenvalue weighted by atomic mass is 80.0. The van der Waals surface area contributed by atoms with Crippen LogP contribution in [0.15, 0.2) is 0 Å². The predicted octanol–water partition coefficient (Wildman–Crippen LogP) is 3.18. The largest absolute Gasteiger partial charge is 0.189 e. The van der Waals surface area contributed by atoms with Crippen molar-refractivity contribution in [2.24, 2.45) is 0 Å². The molecule has 0 bridgehead atoms. The van der Waals surface area contributed by atoms with Gasteiger partial charge in [0, 0.05) is 0 Å². The monoisotopic (exact) mass is 329 g/mol. The summed E-state index contributed by atoms with van der Waals surface area (Å²) in [5, 5.41) is 0. The first-order valence-electron chi connectivity index (χ1n) is 0.756. The molecule has 0 aromatic carbocycles. The van der Waals surface area contributed by atoms with Crippen LogP contribution in [0, 0.1) is 0 Å². The molecule has 0 nitrogen and oxygen atoms in total. The highest BCUT2D eigenvalue weighted by molar-refractivity contribution is 9.52. The minimum absolute atomic E-state index is 0.250. The fraction of sp³-hybridized carbons (Fsp3) is 1.00. The van der Waals surface area contributed by atoms with Crippen LogP contribution in [-0.2, 0) is 0 Å². The molecule has 32 valence electrons. The lowest BCUT2D eigenvalue weighted by Crippen LogP contribution is -1.75. The Labute approximate surface area is 64.2 Å². The molecule has 0 aromatic rings. The molecule has 4 heteroatoms. The molecule has 0 atom stereocenters. The lowest BCUT2D eigenvalue weighted by atomic mass is 12.9. The highest BCUT2D eigenvalue weighted by Gasteiger charge is 2.08. The third-order valence-electron chi connectivity index (χ3n) is 0. The minimum atomic E-state index is -0.250. The van der Waals surface area contributed by atoms with E-state index >= 15 is 0 Å². The van der Waals surface area contributed by atoms with Gasteiger partial charge in [0.05, 0.1) is 0 Å². The molecule has 0 aliphatic carbocycles. The zero-order chi connectivity index (χ0) is 4.50. The summed E-state index contributed by atoms with van der Waals surface area (Å²) in [6.07, 6.45) is 0. The van der Waals surface area contributed by atoms with E-state index in [0.717, 1.165) is 0 Å². The van der Waals surface area contributed by atoms with Crippen molar-refractivity contribution in [1.82, 2.24) is 0 Å². The van der Waals surface area contributed by atoms with E-state index in [1.165, 1.54) is 0 Å². The fourth-order valence-corrected chi connectivity index (χ4v) is 0. The molecule has 5 heavy (non-hydrogen) atoms. The van der Waals surface area contributed by atoms with Gasteiger partial charge in [-0.3, -0.25) is 0 Å². The lowest BCUT2D eigenvalue weighted by molar-refractivity contribution is 2.14. The Kier molecular flexibility index (Phi) is 3.16. The molecular weight excluding hydrogens is 333 g/mol. The van der Waals surface area contributed by atoms with E-state index in [9.17, 15) is 0 Å². The summed E-state index contributed by atoms with van der Waals surface area (Å²) >= 11 is 12.5. The zero-order valence-electron chi connectivity index (χ0n) is 2.01. The molecule has 0 heterocycles. The van der Waals surface area contributed by atoms with Crippen LogP contribution < -0.4 is 0 Å². The van der Waals surface area contributed by atoms with Gasteiger partial charge in [0.1, 0.15) is 0 Å². The van der Waals surface area contributed by atoms with Crippen LogP contribution in [0.25, 0.3) is 0 Å². The van der Waals surface area contributed by atoms with Crippen LogP contribution in [0.5, 0.6) is 0 Å². The Morgan fingerprint density at radius 3 is 0.800 bits per heavy atom. The summed E-state index contributed by atoms with van der Waals surface area (Å²) in [6.45, 7) is 0. The second kappa shape index (κ2) is 2.28. The van der Waals surface area contributed by atoms with Gasteiger partial charge < -0.3 is 0 Å². The molecule has 0 radical (unpaired) electrons. The molecule has 0 saturated heterocycles. The van der Waals surface area contributed by atoms with Crippen molar-refractivity contribution >= 4 is 63.7 Å². The second-order valence-electron chi connectivity index (χ2n) is 0.429. The maximum absolute atomic E-state index is 3.12. The maximum atomic E-state index is 3.12. The van der Waals surface area contributed by atoms with Crippen molar-refractivity contribution in [2.75, 3.05) is 0 Å². The molecule has 0 N–H and O–H groups in total. The SMILES string of the molecule is Br[13C](Br)(Br)Br. The van der Waals surface area contributed by atoms with Gasteiger partial charge in [-0.2, -0.15) is 0 Å². The van der Waals surface area contributed by atoms with Gasteiger partial charge in [0.2, 0.25) is 0 Å². The van der Waals surface area contributed by atoms with Gasteiger partial charge in [-0.15, -0.1) is 0 Å². The van der Waals surface area contributed by atoms with Crippen LogP contribution in [0.4, 0.5) is 0 Å². The predicted molar refractivity (Wildman–Crippen MR) is 38.4 cm³/mol. The van der Waals surface area contributed by atoms with Crippen LogP contribution in [-0.4, -0.2) is 1.05 Å². The molecule has 0 aromatic heterocycles. The second-order valence-corrected chi connectivity index (χ2v) is 11.6. The molecule has 0 aliphatic rings. The Morgan fingerprint density at radius 1 is 0.800 bits per heavy atom. The molecule has 0 fully saturated rings. The van der Waals surface area contributed by atoms with Crippen molar-refractivity contribution in [1.29, 1.82) is 0 Å². The molecule has 0 unspecified atom stereocenters. The van der Waals surface area contributed by atoms with Gasteiger partial charge >= 0.3 is 0 Å². The van der Waals surface area contributed by atoms with Gasteiger partial charge in [-0.25, -0.2) is 0 Å². The van der Waals surface area contributed by atoms with E-state index in [1.54, 1.807) is 0 Å². The van der Waals surface area contributed by atoms with Crippen LogP contribution >= 0.6 is 63.7 Å². The van der Waals surface area contributed by atoms with Crippen molar-refractivity contribution in [2.45, 2.75) is 1.05 Å². The first-order valence-corrected chi connectivity index (χ1v) is 3.93. The molecular formula is CBr4. The number of rotatable bonds is 0. The van der Waals surface area contributed by atoms with Gasteiger partial charge in [0.25, 0.3) is 0 Å². The quantitative estimate of drug-likeness (QED) is 0.472. The van der Waals surface area contributed by atoms with Crippen LogP contribution in [0.3, 0.4) is 0 Å². The first kappa shape index (κ1) is 6.92. The van der Waals surface area contributed by atoms with Crippen molar-refractivity contribution < 1.29 is 0 Å². The number of hydrogen-bond donors (Lipinski definition) is 0. The molecule has 0 rings (SSSR count). The summed E-state index contributed by atoms with van der Waals surface area (Å²) in [5.41, 5.74) is 0. The standard InChI is InChI=1S/CBr4/c2-1(3,4)5/i1+1. The Bertz CT molecular complexity index is 19.1. The first-order chi connectivity index (χ1) is 2.00. The smallest absolute Gasteiger partial charge is 0.0471 e. The maximum Gasteiger partial charge on any atom is 0.189 e. The summed E-state index contributed by atoms with van der Waals surface area (Å²) in [4.78, 5) is 0. The summed E-state index contributed by atoms with van der Waals surface area (Å²) in [6, 6.07) is 0. The van der Waals surface area contributed by atoms with Crippen LogP contribution in [0.2, 0.25) is 0 Å². The third-order valence-corrected chi connectivity index (χ3v) is 0. The summed E-state index contributed by atoms with van der Waals surface area (Å²) < 4.78 is -0.250. The molecule has 0 amide bonds. The van der Waals surface area contributed by atoms with E-state index in [4.69, 9.17) is 0 Å². The molecule has 0 aliphatic heterocycles. The average molecular weight is 333 g/mol. The average Bonchev–Trinajstić information content (AvgIpc) is 0.722. The summed E-state index contributed by atoms with van der Waals surface area (Å²) in [7, 11) is 0. The Balaban J connectivity index is 3.02. The Morgan fingerprint density at radius 2 is 0.800 bits per heavy atom. The van der Waals surface area contributed by atoms with E-state index < -0.39 is 0 Å². The van der Waals surface area contributed by atoms with E-state index in [2.05, 4.69) is 63.7 Å².